The first kappa shape index (κ1) is 16.7. The molecule has 5 nitrogen and oxygen atoms in total. The Morgan fingerprint density at radius 2 is 2.29 bits per heavy atom. The number of methoxy groups -OCH3 is 1. The molecule has 2 heterocycles. The van der Waals surface area contributed by atoms with Crippen molar-refractivity contribution in [3.8, 4) is 17.0 Å². The molecule has 0 saturated heterocycles. The first-order valence-electron chi connectivity index (χ1n) is 7.15. The average molecular weight is 407 g/mol. The van der Waals surface area contributed by atoms with E-state index in [1.54, 1.807) is 13.2 Å². The number of halogens is 1. The van der Waals surface area contributed by atoms with E-state index in [2.05, 4.69) is 27.5 Å². The SMILES string of the molecule is C=CCOC(=O)c1sc2nc(-c3ccc(OC)c(Br)c3)cn2c1C. The monoisotopic (exact) mass is 406 g/mol. The highest BCUT2D eigenvalue weighted by molar-refractivity contribution is 9.10. The van der Waals surface area contributed by atoms with Gasteiger partial charge in [-0.05, 0) is 41.1 Å². The van der Waals surface area contributed by atoms with Crippen molar-refractivity contribution in [1.29, 1.82) is 0 Å². The van der Waals surface area contributed by atoms with E-state index in [0.29, 0.717) is 4.88 Å². The van der Waals surface area contributed by atoms with Crippen LogP contribution in [0.1, 0.15) is 15.4 Å². The predicted molar refractivity (Wildman–Crippen MR) is 98.0 cm³/mol. The number of aryl methyl sites for hydroxylation is 1. The lowest BCUT2D eigenvalue weighted by Crippen LogP contribution is -2.05. The number of carbonyl (C=O) groups is 1. The van der Waals surface area contributed by atoms with E-state index >= 15 is 0 Å². The number of thiazole rings is 1. The van der Waals surface area contributed by atoms with Crippen LogP contribution in [0.4, 0.5) is 0 Å². The summed E-state index contributed by atoms with van der Waals surface area (Å²) in [5.41, 5.74) is 2.61. The van der Waals surface area contributed by atoms with Crippen molar-refractivity contribution in [2.75, 3.05) is 13.7 Å². The molecular formula is C17H15BrN2O3S. The maximum Gasteiger partial charge on any atom is 0.350 e. The molecule has 0 aliphatic heterocycles. The Morgan fingerprint density at radius 1 is 1.50 bits per heavy atom. The fraction of sp³-hybridized carbons (Fsp3) is 0.176. The number of fused-ring (bicyclic) bond motifs is 1. The molecule has 0 saturated carbocycles. The van der Waals surface area contributed by atoms with Gasteiger partial charge in [-0.3, -0.25) is 4.40 Å². The number of imidazole rings is 1. The summed E-state index contributed by atoms with van der Waals surface area (Å²) >= 11 is 4.80. The summed E-state index contributed by atoms with van der Waals surface area (Å²) in [6.45, 7) is 5.62. The van der Waals surface area contributed by atoms with E-state index < -0.39 is 0 Å². The second kappa shape index (κ2) is 6.78. The van der Waals surface area contributed by atoms with Gasteiger partial charge >= 0.3 is 5.97 Å². The summed E-state index contributed by atoms with van der Waals surface area (Å²) < 4.78 is 13.1. The third kappa shape index (κ3) is 2.97. The number of hydrogen-bond donors (Lipinski definition) is 0. The molecule has 2 aromatic heterocycles. The zero-order chi connectivity index (χ0) is 17.3. The number of aromatic nitrogens is 2. The summed E-state index contributed by atoms with van der Waals surface area (Å²) in [4.78, 5) is 18.0. The summed E-state index contributed by atoms with van der Waals surface area (Å²) in [5, 5.41) is 0. The number of ether oxygens (including phenoxy) is 2. The van der Waals surface area contributed by atoms with Gasteiger partial charge < -0.3 is 9.47 Å². The van der Waals surface area contributed by atoms with E-state index in [1.165, 1.54) is 11.3 Å². The molecule has 24 heavy (non-hydrogen) atoms. The zero-order valence-corrected chi connectivity index (χ0v) is 15.6. The van der Waals surface area contributed by atoms with E-state index in [-0.39, 0.29) is 12.6 Å². The van der Waals surface area contributed by atoms with E-state index in [1.807, 2.05) is 35.7 Å². The minimum atomic E-state index is -0.350. The van der Waals surface area contributed by atoms with Gasteiger partial charge in [0, 0.05) is 17.5 Å². The van der Waals surface area contributed by atoms with Crippen molar-refractivity contribution in [2.45, 2.75) is 6.92 Å². The van der Waals surface area contributed by atoms with Gasteiger partial charge in [0.05, 0.1) is 17.3 Å². The smallest absolute Gasteiger partial charge is 0.350 e. The molecule has 0 amide bonds. The Morgan fingerprint density at radius 3 is 2.92 bits per heavy atom. The Labute approximate surface area is 151 Å². The largest absolute Gasteiger partial charge is 0.496 e. The minimum absolute atomic E-state index is 0.198. The van der Waals surface area contributed by atoms with Gasteiger partial charge in [0.2, 0.25) is 0 Å². The third-order valence-corrected chi connectivity index (χ3v) is 5.28. The van der Waals surface area contributed by atoms with Crippen molar-refractivity contribution in [3.63, 3.8) is 0 Å². The summed E-state index contributed by atoms with van der Waals surface area (Å²) in [6.07, 6.45) is 3.46. The van der Waals surface area contributed by atoms with Gasteiger partial charge in [-0.2, -0.15) is 0 Å². The highest BCUT2D eigenvalue weighted by atomic mass is 79.9. The Balaban J connectivity index is 1.97. The van der Waals surface area contributed by atoms with Gasteiger partial charge in [0.1, 0.15) is 17.2 Å². The number of carbonyl (C=O) groups excluding carboxylic acids is 1. The van der Waals surface area contributed by atoms with Crippen molar-refractivity contribution in [2.24, 2.45) is 0 Å². The van der Waals surface area contributed by atoms with E-state index in [0.717, 1.165) is 32.1 Å². The van der Waals surface area contributed by atoms with Crippen LogP contribution in [-0.2, 0) is 4.74 Å². The fourth-order valence-electron chi connectivity index (χ4n) is 2.30. The molecule has 0 radical (unpaired) electrons. The molecule has 7 heteroatoms. The average Bonchev–Trinajstić information content (AvgIpc) is 3.12. The Kier molecular flexibility index (Phi) is 4.73. The molecule has 0 bridgehead atoms. The van der Waals surface area contributed by atoms with Crippen LogP contribution in [0.2, 0.25) is 0 Å². The van der Waals surface area contributed by atoms with Crippen LogP contribution in [0.15, 0.2) is 41.5 Å². The molecule has 0 atom stereocenters. The number of nitrogens with zero attached hydrogens (tertiary/aromatic N) is 2. The predicted octanol–water partition coefficient (Wildman–Crippen LogP) is 4.49. The number of benzene rings is 1. The molecule has 0 aliphatic rings. The molecule has 124 valence electrons. The molecule has 1 aromatic carbocycles. The summed E-state index contributed by atoms with van der Waals surface area (Å²) in [6, 6.07) is 5.79. The number of esters is 1. The van der Waals surface area contributed by atoms with Crippen LogP contribution in [0.25, 0.3) is 16.2 Å². The van der Waals surface area contributed by atoms with Gasteiger partial charge in [-0.25, -0.2) is 9.78 Å². The minimum Gasteiger partial charge on any atom is -0.496 e. The highest BCUT2D eigenvalue weighted by Gasteiger charge is 2.19. The maximum absolute atomic E-state index is 12.0. The second-order valence-corrected chi connectivity index (χ2v) is 6.86. The molecule has 3 aromatic rings. The van der Waals surface area contributed by atoms with Gasteiger partial charge in [0.25, 0.3) is 0 Å². The third-order valence-electron chi connectivity index (χ3n) is 3.52. The highest BCUT2D eigenvalue weighted by Crippen LogP contribution is 2.32. The van der Waals surface area contributed by atoms with Crippen molar-refractivity contribution < 1.29 is 14.3 Å². The lowest BCUT2D eigenvalue weighted by atomic mass is 10.1. The molecule has 0 fully saturated rings. The molecule has 0 unspecified atom stereocenters. The standard InChI is InChI=1S/C17H15BrN2O3S/c1-4-7-23-16(21)15-10(2)20-9-13(19-17(20)24-15)11-5-6-14(22-3)12(18)8-11/h4-6,8-9H,1,7H2,2-3H3. The topological polar surface area (TPSA) is 52.8 Å². The Bertz CT molecular complexity index is 929. The molecule has 3 rings (SSSR count). The zero-order valence-electron chi connectivity index (χ0n) is 13.2. The number of hydrogen-bond acceptors (Lipinski definition) is 5. The van der Waals surface area contributed by atoms with E-state index in [9.17, 15) is 4.79 Å². The first-order chi connectivity index (χ1) is 11.5. The van der Waals surface area contributed by atoms with Crippen molar-refractivity contribution in [1.82, 2.24) is 9.38 Å². The maximum atomic E-state index is 12.0. The van der Waals surface area contributed by atoms with Crippen molar-refractivity contribution in [3.05, 3.63) is 52.1 Å². The van der Waals surface area contributed by atoms with Crippen LogP contribution in [-0.4, -0.2) is 29.1 Å². The van der Waals surface area contributed by atoms with E-state index in [4.69, 9.17) is 9.47 Å². The van der Waals surface area contributed by atoms with Crippen LogP contribution < -0.4 is 4.74 Å². The molecule has 0 spiro atoms. The lowest BCUT2D eigenvalue weighted by Gasteiger charge is -2.04. The van der Waals surface area contributed by atoms with Gasteiger partial charge in [-0.15, -0.1) is 0 Å². The van der Waals surface area contributed by atoms with Crippen molar-refractivity contribution >= 4 is 38.2 Å². The van der Waals surface area contributed by atoms with Crippen LogP contribution in [0.3, 0.4) is 0 Å². The molecule has 0 aliphatic carbocycles. The van der Waals surface area contributed by atoms with Gasteiger partial charge in [0.15, 0.2) is 4.96 Å². The van der Waals surface area contributed by atoms with Crippen LogP contribution >= 0.6 is 27.3 Å². The van der Waals surface area contributed by atoms with Crippen LogP contribution in [0.5, 0.6) is 5.75 Å². The quantitative estimate of drug-likeness (QED) is 0.462. The molecular weight excluding hydrogens is 392 g/mol. The summed E-state index contributed by atoms with van der Waals surface area (Å²) in [7, 11) is 1.63. The first-order valence-corrected chi connectivity index (χ1v) is 8.76. The Hall–Kier alpha value is -2.12. The second-order valence-electron chi connectivity index (χ2n) is 5.03. The fourth-order valence-corrected chi connectivity index (χ4v) is 3.85. The summed E-state index contributed by atoms with van der Waals surface area (Å²) in [5.74, 6) is 0.417. The molecule has 0 N–H and O–H groups in total. The normalized spacial score (nSPS) is 10.8. The lowest BCUT2D eigenvalue weighted by molar-refractivity contribution is 0.0554. The number of rotatable bonds is 5. The van der Waals surface area contributed by atoms with Crippen LogP contribution in [0, 0.1) is 6.92 Å². The van der Waals surface area contributed by atoms with Gasteiger partial charge in [-0.1, -0.05) is 24.0 Å².